The molecule has 0 aromatic carbocycles. The zero-order chi connectivity index (χ0) is 14.0. The Morgan fingerprint density at radius 2 is 2.05 bits per heavy atom. The van der Waals surface area contributed by atoms with Crippen LogP contribution in [0, 0.1) is 13.8 Å². The van der Waals surface area contributed by atoms with Crippen molar-refractivity contribution < 1.29 is 4.79 Å². The highest BCUT2D eigenvalue weighted by Gasteiger charge is 2.19. The summed E-state index contributed by atoms with van der Waals surface area (Å²) in [4.78, 5) is 14.3. The molecule has 2 rings (SSSR count). The number of likely N-dealkylation sites (tertiary alicyclic amines) is 1. The third-order valence-electron chi connectivity index (χ3n) is 3.67. The summed E-state index contributed by atoms with van der Waals surface area (Å²) < 4.78 is 1.67. The van der Waals surface area contributed by atoms with Gasteiger partial charge in [0.15, 0.2) is 0 Å². The van der Waals surface area contributed by atoms with Crippen LogP contribution in [0.3, 0.4) is 0 Å². The SMILES string of the molecule is Cc1nn(CC(=O)NC2CCN(C)CC2)c(C)c1Cl. The maximum absolute atomic E-state index is 12.0. The number of rotatable bonds is 3. The fourth-order valence-electron chi connectivity index (χ4n) is 2.39. The molecular formula is C13H21ClN4O. The molecule has 0 spiro atoms. The van der Waals surface area contributed by atoms with Crippen LogP contribution in [0.25, 0.3) is 0 Å². The maximum atomic E-state index is 12.0. The summed E-state index contributed by atoms with van der Waals surface area (Å²) in [5, 5.41) is 7.99. The summed E-state index contributed by atoms with van der Waals surface area (Å²) in [6.45, 7) is 6.05. The first-order valence-electron chi connectivity index (χ1n) is 6.64. The minimum Gasteiger partial charge on any atom is -0.352 e. The minimum atomic E-state index is 0.0109. The first-order chi connectivity index (χ1) is 8.97. The van der Waals surface area contributed by atoms with Crippen molar-refractivity contribution in [2.45, 2.75) is 39.3 Å². The molecule has 1 N–H and O–H groups in total. The molecule has 1 fully saturated rings. The molecule has 1 aliphatic rings. The van der Waals surface area contributed by atoms with E-state index in [9.17, 15) is 4.79 Å². The third kappa shape index (κ3) is 3.48. The van der Waals surface area contributed by atoms with Crippen molar-refractivity contribution in [2.24, 2.45) is 0 Å². The topological polar surface area (TPSA) is 50.2 Å². The van der Waals surface area contributed by atoms with Gasteiger partial charge >= 0.3 is 0 Å². The lowest BCUT2D eigenvalue weighted by atomic mass is 10.1. The summed E-state index contributed by atoms with van der Waals surface area (Å²) in [5.41, 5.74) is 1.61. The summed E-state index contributed by atoms with van der Waals surface area (Å²) in [6.07, 6.45) is 2.03. The van der Waals surface area contributed by atoms with Crippen molar-refractivity contribution in [3.63, 3.8) is 0 Å². The Labute approximate surface area is 118 Å². The van der Waals surface area contributed by atoms with Gasteiger partial charge in [-0.3, -0.25) is 9.48 Å². The van der Waals surface area contributed by atoms with Crippen molar-refractivity contribution in [1.29, 1.82) is 0 Å². The van der Waals surface area contributed by atoms with Crippen molar-refractivity contribution >= 4 is 17.5 Å². The van der Waals surface area contributed by atoms with E-state index in [0.29, 0.717) is 5.02 Å². The monoisotopic (exact) mass is 284 g/mol. The number of hydrogen-bond donors (Lipinski definition) is 1. The second-order valence-electron chi connectivity index (χ2n) is 5.29. The van der Waals surface area contributed by atoms with Crippen molar-refractivity contribution in [2.75, 3.05) is 20.1 Å². The number of hydrogen-bond acceptors (Lipinski definition) is 3. The fourth-order valence-corrected chi connectivity index (χ4v) is 2.53. The van der Waals surface area contributed by atoms with E-state index in [2.05, 4.69) is 22.4 Å². The highest BCUT2D eigenvalue weighted by atomic mass is 35.5. The van der Waals surface area contributed by atoms with Crippen molar-refractivity contribution in [3.05, 3.63) is 16.4 Å². The molecule has 1 aromatic heterocycles. The van der Waals surface area contributed by atoms with E-state index in [1.807, 2.05) is 13.8 Å². The minimum absolute atomic E-state index is 0.0109. The molecule has 19 heavy (non-hydrogen) atoms. The molecule has 1 amide bonds. The lowest BCUT2D eigenvalue weighted by molar-refractivity contribution is -0.122. The molecule has 1 aromatic rings. The lowest BCUT2D eigenvalue weighted by Gasteiger charge is -2.29. The molecule has 1 aliphatic heterocycles. The van der Waals surface area contributed by atoms with E-state index in [-0.39, 0.29) is 18.5 Å². The number of nitrogens with zero attached hydrogens (tertiary/aromatic N) is 3. The van der Waals surface area contributed by atoms with Gasteiger partial charge in [0.1, 0.15) is 6.54 Å². The molecule has 106 valence electrons. The van der Waals surface area contributed by atoms with Gasteiger partial charge in [0.2, 0.25) is 5.91 Å². The Hall–Kier alpha value is -1.07. The van der Waals surface area contributed by atoms with Crippen molar-refractivity contribution in [3.8, 4) is 0 Å². The van der Waals surface area contributed by atoms with Gasteiger partial charge in [-0.1, -0.05) is 11.6 Å². The first-order valence-corrected chi connectivity index (χ1v) is 7.02. The molecule has 0 saturated carbocycles. The molecule has 2 heterocycles. The smallest absolute Gasteiger partial charge is 0.241 e. The van der Waals surface area contributed by atoms with Crippen LogP contribution in [0.15, 0.2) is 0 Å². The van der Waals surface area contributed by atoms with Crippen LogP contribution in [0.5, 0.6) is 0 Å². The molecule has 0 radical (unpaired) electrons. The predicted octanol–water partition coefficient (Wildman–Crippen LogP) is 1.36. The molecule has 1 saturated heterocycles. The number of piperidine rings is 1. The van der Waals surface area contributed by atoms with E-state index in [4.69, 9.17) is 11.6 Å². The normalized spacial score (nSPS) is 17.7. The average Bonchev–Trinajstić information content (AvgIpc) is 2.60. The van der Waals surface area contributed by atoms with Gasteiger partial charge < -0.3 is 10.2 Å². The van der Waals surface area contributed by atoms with Crippen LogP contribution in [0.1, 0.15) is 24.2 Å². The maximum Gasteiger partial charge on any atom is 0.241 e. The van der Waals surface area contributed by atoms with E-state index in [0.717, 1.165) is 37.3 Å². The van der Waals surface area contributed by atoms with E-state index >= 15 is 0 Å². The number of aromatic nitrogens is 2. The highest BCUT2D eigenvalue weighted by Crippen LogP contribution is 2.18. The molecule has 0 aliphatic carbocycles. The van der Waals surface area contributed by atoms with Gasteiger partial charge in [0, 0.05) is 6.04 Å². The van der Waals surface area contributed by atoms with E-state index in [1.165, 1.54) is 0 Å². The van der Waals surface area contributed by atoms with Crippen LogP contribution in [-0.4, -0.2) is 46.8 Å². The quantitative estimate of drug-likeness (QED) is 0.912. The summed E-state index contributed by atoms with van der Waals surface area (Å²) in [7, 11) is 2.11. The molecule has 5 nitrogen and oxygen atoms in total. The molecule has 6 heteroatoms. The molecule has 0 bridgehead atoms. The van der Waals surface area contributed by atoms with E-state index in [1.54, 1.807) is 4.68 Å². The van der Waals surface area contributed by atoms with Gasteiger partial charge in [0.05, 0.1) is 16.4 Å². The Morgan fingerprint density at radius 1 is 1.42 bits per heavy atom. The first kappa shape index (κ1) is 14.3. The fraction of sp³-hybridized carbons (Fsp3) is 0.692. The summed E-state index contributed by atoms with van der Waals surface area (Å²) >= 11 is 6.07. The van der Waals surface area contributed by atoms with Crippen LogP contribution in [0.2, 0.25) is 5.02 Å². The largest absolute Gasteiger partial charge is 0.352 e. The number of nitrogens with one attached hydrogen (secondary N) is 1. The zero-order valence-electron chi connectivity index (χ0n) is 11.7. The van der Waals surface area contributed by atoms with Gasteiger partial charge in [-0.05, 0) is 46.8 Å². The van der Waals surface area contributed by atoms with E-state index < -0.39 is 0 Å². The molecule has 0 atom stereocenters. The summed E-state index contributed by atoms with van der Waals surface area (Å²) in [6, 6.07) is 0.288. The average molecular weight is 285 g/mol. The van der Waals surface area contributed by atoms with Crippen LogP contribution in [-0.2, 0) is 11.3 Å². The Balaban J connectivity index is 1.89. The van der Waals surface area contributed by atoms with Gasteiger partial charge in [-0.25, -0.2) is 0 Å². The lowest BCUT2D eigenvalue weighted by Crippen LogP contribution is -2.44. The third-order valence-corrected chi connectivity index (χ3v) is 4.22. The number of carbonyl (C=O) groups is 1. The Kier molecular flexibility index (Phi) is 4.47. The number of amides is 1. The Bertz CT molecular complexity index is 463. The van der Waals surface area contributed by atoms with Crippen LogP contribution < -0.4 is 5.32 Å². The number of carbonyl (C=O) groups excluding carboxylic acids is 1. The number of aryl methyl sites for hydroxylation is 1. The molecule has 0 unspecified atom stereocenters. The van der Waals surface area contributed by atoms with Gasteiger partial charge in [-0.2, -0.15) is 5.10 Å². The standard InChI is InChI=1S/C13H21ClN4O/c1-9-13(14)10(2)18(16-9)8-12(19)15-11-4-6-17(3)7-5-11/h11H,4-8H2,1-3H3,(H,15,19). The number of halogens is 1. The Morgan fingerprint density at radius 3 is 2.58 bits per heavy atom. The zero-order valence-corrected chi connectivity index (χ0v) is 12.5. The van der Waals surface area contributed by atoms with Crippen LogP contribution in [0.4, 0.5) is 0 Å². The van der Waals surface area contributed by atoms with Crippen LogP contribution >= 0.6 is 11.6 Å². The summed E-state index contributed by atoms with van der Waals surface area (Å²) in [5.74, 6) is 0.0109. The van der Waals surface area contributed by atoms with Gasteiger partial charge in [-0.15, -0.1) is 0 Å². The van der Waals surface area contributed by atoms with Gasteiger partial charge in [0.25, 0.3) is 0 Å². The second kappa shape index (κ2) is 5.92. The molecular weight excluding hydrogens is 264 g/mol. The highest BCUT2D eigenvalue weighted by molar-refractivity contribution is 6.31. The van der Waals surface area contributed by atoms with Crippen molar-refractivity contribution in [1.82, 2.24) is 20.0 Å². The second-order valence-corrected chi connectivity index (χ2v) is 5.67. The predicted molar refractivity (Wildman–Crippen MR) is 75.4 cm³/mol.